The number of rotatable bonds is 5. The highest BCUT2D eigenvalue weighted by molar-refractivity contribution is 9.10. The Balaban J connectivity index is 2.20. The molecule has 108 valence electrons. The number of aliphatic hydroxyl groups excluding tert-OH is 1. The van der Waals surface area contributed by atoms with E-state index in [0.717, 1.165) is 48.1 Å². The molecule has 1 aliphatic rings. The van der Waals surface area contributed by atoms with Crippen LogP contribution in [-0.4, -0.2) is 33.7 Å². The highest BCUT2D eigenvalue weighted by Crippen LogP contribution is 2.37. The van der Waals surface area contributed by atoms with E-state index in [1.54, 1.807) is 7.11 Å². The zero-order chi connectivity index (χ0) is 14.0. The Labute approximate surface area is 123 Å². The molecule has 19 heavy (non-hydrogen) atoms. The molecule has 1 saturated carbocycles. The van der Waals surface area contributed by atoms with E-state index >= 15 is 0 Å². The van der Waals surface area contributed by atoms with Crippen molar-refractivity contribution in [2.24, 2.45) is 0 Å². The van der Waals surface area contributed by atoms with Crippen molar-refractivity contribution >= 4 is 15.9 Å². The van der Waals surface area contributed by atoms with Gasteiger partial charge in [0.15, 0.2) is 0 Å². The second-order valence-electron chi connectivity index (χ2n) is 5.36. The van der Waals surface area contributed by atoms with Crippen LogP contribution in [0.1, 0.15) is 44.0 Å². The lowest BCUT2D eigenvalue weighted by Gasteiger charge is -2.33. The van der Waals surface area contributed by atoms with Crippen molar-refractivity contribution in [2.75, 3.05) is 7.11 Å². The van der Waals surface area contributed by atoms with E-state index in [1.807, 2.05) is 11.6 Å². The molecule has 1 aliphatic carbocycles. The van der Waals surface area contributed by atoms with Gasteiger partial charge in [-0.25, -0.2) is 0 Å². The van der Waals surface area contributed by atoms with Crippen LogP contribution in [0.3, 0.4) is 0 Å². The first-order chi connectivity index (χ1) is 9.04. The molecule has 0 aromatic carbocycles. The van der Waals surface area contributed by atoms with Crippen molar-refractivity contribution in [1.82, 2.24) is 9.78 Å². The van der Waals surface area contributed by atoms with Crippen LogP contribution in [0.5, 0.6) is 0 Å². The van der Waals surface area contributed by atoms with Gasteiger partial charge in [0.25, 0.3) is 0 Å². The monoisotopic (exact) mass is 330 g/mol. The number of hydrogen-bond acceptors (Lipinski definition) is 3. The fourth-order valence-electron chi connectivity index (χ4n) is 3.08. The summed E-state index contributed by atoms with van der Waals surface area (Å²) in [5.41, 5.74) is 1.67. The number of aliphatic hydroxyl groups is 1. The lowest BCUT2D eigenvalue weighted by atomic mass is 9.91. The predicted octanol–water partition coefficient (Wildman–Crippen LogP) is 2.84. The van der Waals surface area contributed by atoms with Crippen LogP contribution >= 0.6 is 15.9 Å². The van der Waals surface area contributed by atoms with Gasteiger partial charge in [0.1, 0.15) is 0 Å². The predicted molar refractivity (Wildman–Crippen MR) is 78.3 cm³/mol. The summed E-state index contributed by atoms with van der Waals surface area (Å²) in [4.78, 5) is 0. The topological polar surface area (TPSA) is 47.3 Å². The third kappa shape index (κ3) is 2.73. The number of methoxy groups -OCH3 is 1. The summed E-state index contributed by atoms with van der Waals surface area (Å²) in [5, 5.41) is 15.1. The zero-order valence-electron chi connectivity index (χ0n) is 11.9. The molecule has 1 aromatic heterocycles. The summed E-state index contributed by atoms with van der Waals surface area (Å²) >= 11 is 3.58. The van der Waals surface area contributed by atoms with Crippen LogP contribution in [0.4, 0.5) is 0 Å². The summed E-state index contributed by atoms with van der Waals surface area (Å²) in [5.74, 6) is 0. The fourth-order valence-corrected chi connectivity index (χ4v) is 3.53. The minimum absolute atomic E-state index is 0.365. The van der Waals surface area contributed by atoms with Gasteiger partial charge in [0.2, 0.25) is 0 Å². The van der Waals surface area contributed by atoms with Gasteiger partial charge < -0.3 is 9.84 Å². The largest absolute Gasteiger partial charge is 0.390 e. The summed E-state index contributed by atoms with van der Waals surface area (Å²) in [6.45, 7) is 4.86. The molecule has 1 heterocycles. The standard InChI is InChI=1S/C14H23BrN2O2/c1-4-17-11(13(15)10(2)16-17)9-12(18)14(19-3)7-5-6-8-14/h12,18H,4-9H2,1-3H3. The Morgan fingerprint density at radius 3 is 2.63 bits per heavy atom. The molecule has 0 amide bonds. The molecule has 0 radical (unpaired) electrons. The van der Waals surface area contributed by atoms with E-state index in [-0.39, 0.29) is 5.60 Å². The van der Waals surface area contributed by atoms with Gasteiger partial charge in [-0.3, -0.25) is 4.68 Å². The molecule has 1 fully saturated rings. The average molecular weight is 331 g/mol. The third-order valence-corrected chi connectivity index (χ3v) is 5.33. The van der Waals surface area contributed by atoms with Gasteiger partial charge in [0.05, 0.1) is 27.6 Å². The normalized spacial score (nSPS) is 19.8. The minimum atomic E-state index is -0.474. The maximum Gasteiger partial charge on any atom is 0.0940 e. The highest BCUT2D eigenvalue weighted by atomic mass is 79.9. The third-order valence-electron chi connectivity index (χ3n) is 4.30. The van der Waals surface area contributed by atoms with E-state index in [0.29, 0.717) is 6.42 Å². The molecule has 0 spiro atoms. The Hall–Kier alpha value is -0.390. The summed E-state index contributed by atoms with van der Waals surface area (Å²) < 4.78 is 8.63. The molecule has 1 atom stereocenters. The first kappa shape index (κ1) is 15.0. The molecular weight excluding hydrogens is 308 g/mol. The van der Waals surface area contributed by atoms with Crippen molar-refractivity contribution in [1.29, 1.82) is 0 Å². The van der Waals surface area contributed by atoms with Crippen molar-refractivity contribution in [3.63, 3.8) is 0 Å². The fraction of sp³-hybridized carbons (Fsp3) is 0.786. The second-order valence-corrected chi connectivity index (χ2v) is 6.15. The average Bonchev–Trinajstić information content (AvgIpc) is 2.99. The molecular formula is C14H23BrN2O2. The van der Waals surface area contributed by atoms with Crippen LogP contribution in [0.15, 0.2) is 4.47 Å². The van der Waals surface area contributed by atoms with Gasteiger partial charge in [-0.05, 0) is 42.6 Å². The van der Waals surface area contributed by atoms with E-state index in [2.05, 4.69) is 28.0 Å². The lowest BCUT2D eigenvalue weighted by Crippen LogP contribution is -2.43. The van der Waals surface area contributed by atoms with Crippen LogP contribution in [0, 0.1) is 6.92 Å². The van der Waals surface area contributed by atoms with Crippen molar-refractivity contribution in [3.05, 3.63) is 15.9 Å². The molecule has 1 aromatic rings. The van der Waals surface area contributed by atoms with Crippen molar-refractivity contribution < 1.29 is 9.84 Å². The van der Waals surface area contributed by atoms with Gasteiger partial charge in [0, 0.05) is 20.1 Å². The SMILES string of the molecule is CCn1nc(C)c(Br)c1CC(O)C1(OC)CCCC1. The zero-order valence-corrected chi connectivity index (χ0v) is 13.5. The number of halogens is 1. The Morgan fingerprint density at radius 1 is 1.47 bits per heavy atom. The maximum absolute atomic E-state index is 10.6. The van der Waals surface area contributed by atoms with E-state index in [1.165, 1.54) is 0 Å². The van der Waals surface area contributed by atoms with Crippen LogP contribution in [0.25, 0.3) is 0 Å². The Kier molecular flexibility index (Phi) is 4.69. The Morgan fingerprint density at radius 2 is 2.11 bits per heavy atom. The number of hydrogen-bond donors (Lipinski definition) is 1. The first-order valence-corrected chi connectivity index (χ1v) is 7.78. The minimum Gasteiger partial charge on any atom is -0.390 e. The summed E-state index contributed by atoms with van der Waals surface area (Å²) in [6.07, 6.45) is 4.28. The van der Waals surface area contributed by atoms with E-state index < -0.39 is 6.10 Å². The number of nitrogens with zero attached hydrogens (tertiary/aromatic N) is 2. The molecule has 0 aliphatic heterocycles. The van der Waals surface area contributed by atoms with E-state index in [4.69, 9.17) is 4.74 Å². The number of aryl methyl sites for hydroxylation is 2. The smallest absolute Gasteiger partial charge is 0.0940 e. The molecule has 0 saturated heterocycles. The van der Waals surface area contributed by atoms with Crippen molar-refractivity contribution in [2.45, 2.75) is 64.2 Å². The molecule has 0 bridgehead atoms. The first-order valence-electron chi connectivity index (χ1n) is 6.99. The quantitative estimate of drug-likeness (QED) is 0.903. The molecule has 1 N–H and O–H groups in total. The van der Waals surface area contributed by atoms with Crippen LogP contribution < -0.4 is 0 Å². The molecule has 2 rings (SSSR count). The summed E-state index contributed by atoms with van der Waals surface area (Å²) in [6, 6.07) is 0. The van der Waals surface area contributed by atoms with Gasteiger partial charge >= 0.3 is 0 Å². The van der Waals surface area contributed by atoms with E-state index in [9.17, 15) is 5.11 Å². The second kappa shape index (κ2) is 5.94. The number of aromatic nitrogens is 2. The van der Waals surface area contributed by atoms with Gasteiger partial charge in [-0.1, -0.05) is 12.8 Å². The Bertz CT molecular complexity index is 439. The van der Waals surface area contributed by atoms with Gasteiger partial charge in [-0.15, -0.1) is 0 Å². The number of ether oxygens (including phenoxy) is 1. The molecule has 1 unspecified atom stereocenters. The lowest BCUT2D eigenvalue weighted by molar-refractivity contribution is -0.0977. The maximum atomic E-state index is 10.6. The van der Waals surface area contributed by atoms with Crippen LogP contribution in [-0.2, 0) is 17.7 Å². The van der Waals surface area contributed by atoms with Crippen molar-refractivity contribution in [3.8, 4) is 0 Å². The van der Waals surface area contributed by atoms with Gasteiger partial charge in [-0.2, -0.15) is 5.10 Å². The summed E-state index contributed by atoms with van der Waals surface area (Å²) in [7, 11) is 1.71. The van der Waals surface area contributed by atoms with Crippen LogP contribution in [0.2, 0.25) is 0 Å². The molecule has 5 heteroatoms. The highest BCUT2D eigenvalue weighted by Gasteiger charge is 2.41. The molecule has 4 nitrogen and oxygen atoms in total.